The van der Waals surface area contributed by atoms with Crippen LogP contribution in [-0.2, 0) is 5.60 Å². The number of aliphatic hydroxyl groups is 1. The smallest absolute Gasteiger partial charge is 0.225 e. The lowest BCUT2D eigenvalue weighted by molar-refractivity contribution is 0.0000475. The van der Waals surface area contributed by atoms with Crippen molar-refractivity contribution in [2.24, 2.45) is 0 Å². The minimum atomic E-state index is -1.29. The molecule has 0 radical (unpaired) electrons. The first-order valence-electron chi connectivity index (χ1n) is 15.7. The lowest BCUT2D eigenvalue weighted by atomic mass is 9.71. The van der Waals surface area contributed by atoms with Gasteiger partial charge in [-0.25, -0.2) is 15.0 Å². The Bertz CT molecular complexity index is 1950. The number of piperazine rings is 1. The zero-order valence-electron chi connectivity index (χ0n) is 25.8. The van der Waals surface area contributed by atoms with E-state index in [0.29, 0.717) is 18.8 Å². The SMILES string of the molecule is COc1nc2ccc(Br)cc2cc1C(c1ccccc1)C(O)(CCN1CCN(c2ncccn2)CC1)c1ccc2ccccc2c1. The zero-order valence-corrected chi connectivity index (χ0v) is 27.3. The molecule has 1 aliphatic rings. The highest BCUT2D eigenvalue weighted by molar-refractivity contribution is 9.10. The second-order valence-corrected chi connectivity index (χ2v) is 12.8. The minimum Gasteiger partial charge on any atom is -0.481 e. The van der Waals surface area contributed by atoms with Gasteiger partial charge in [0, 0.05) is 66.5 Å². The molecule has 232 valence electrons. The van der Waals surface area contributed by atoms with Gasteiger partial charge in [-0.3, -0.25) is 4.90 Å². The Labute approximate surface area is 277 Å². The minimum absolute atomic E-state index is 0.459. The van der Waals surface area contributed by atoms with Gasteiger partial charge in [0.25, 0.3) is 0 Å². The van der Waals surface area contributed by atoms with Crippen LogP contribution in [0.4, 0.5) is 5.95 Å². The number of ether oxygens (including phenoxy) is 1. The predicted octanol–water partition coefficient (Wildman–Crippen LogP) is 7.18. The molecular formula is C38H36BrN5O2. The molecule has 0 spiro atoms. The van der Waals surface area contributed by atoms with Crippen LogP contribution in [0.3, 0.4) is 0 Å². The number of hydrogen-bond acceptors (Lipinski definition) is 7. The van der Waals surface area contributed by atoms with Gasteiger partial charge in [-0.1, -0.05) is 82.7 Å². The molecule has 2 unspecified atom stereocenters. The molecule has 2 aromatic heterocycles. The van der Waals surface area contributed by atoms with Crippen molar-refractivity contribution >= 4 is 43.6 Å². The highest BCUT2D eigenvalue weighted by Gasteiger charge is 2.43. The number of rotatable bonds is 9. The summed E-state index contributed by atoms with van der Waals surface area (Å²) in [6.07, 6.45) is 4.08. The molecule has 4 aromatic carbocycles. The molecule has 2 atom stereocenters. The van der Waals surface area contributed by atoms with Crippen LogP contribution >= 0.6 is 15.9 Å². The average molecular weight is 675 g/mol. The van der Waals surface area contributed by atoms with Gasteiger partial charge in [0.15, 0.2) is 0 Å². The lowest BCUT2D eigenvalue weighted by Gasteiger charge is -2.41. The van der Waals surface area contributed by atoms with Crippen molar-refractivity contribution in [3.8, 4) is 5.88 Å². The predicted molar refractivity (Wildman–Crippen MR) is 187 cm³/mol. The van der Waals surface area contributed by atoms with Crippen molar-refractivity contribution in [3.63, 3.8) is 0 Å². The number of fused-ring (bicyclic) bond motifs is 2. The first-order chi connectivity index (χ1) is 22.5. The van der Waals surface area contributed by atoms with E-state index in [4.69, 9.17) is 9.72 Å². The number of aromatic nitrogens is 3. The number of halogens is 1. The lowest BCUT2D eigenvalue weighted by Crippen LogP contribution is -2.48. The first kappa shape index (κ1) is 30.3. The molecule has 0 saturated carbocycles. The van der Waals surface area contributed by atoms with Crippen molar-refractivity contribution in [1.29, 1.82) is 0 Å². The van der Waals surface area contributed by atoms with Crippen molar-refractivity contribution in [2.45, 2.75) is 17.9 Å². The largest absolute Gasteiger partial charge is 0.481 e. The molecule has 3 heterocycles. The summed E-state index contributed by atoms with van der Waals surface area (Å²) >= 11 is 3.64. The van der Waals surface area contributed by atoms with E-state index in [1.165, 1.54) is 0 Å². The fourth-order valence-electron chi connectivity index (χ4n) is 6.74. The van der Waals surface area contributed by atoms with Crippen LogP contribution in [0.1, 0.15) is 29.0 Å². The Morgan fingerprint density at radius 3 is 2.30 bits per heavy atom. The van der Waals surface area contributed by atoms with E-state index in [-0.39, 0.29) is 0 Å². The van der Waals surface area contributed by atoms with Gasteiger partial charge in [0.1, 0.15) is 5.60 Å². The molecule has 8 heteroatoms. The van der Waals surface area contributed by atoms with E-state index < -0.39 is 11.5 Å². The van der Waals surface area contributed by atoms with Crippen LogP contribution in [0.15, 0.2) is 120 Å². The van der Waals surface area contributed by atoms with Crippen molar-refractivity contribution in [1.82, 2.24) is 19.9 Å². The molecule has 0 bridgehead atoms. The van der Waals surface area contributed by atoms with Gasteiger partial charge in [-0.2, -0.15) is 0 Å². The molecule has 6 aromatic rings. The third-order valence-corrected chi connectivity index (χ3v) is 9.64. The van der Waals surface area contributed by atoms with E-state index in [9.17, 15) is 5.11 Å². The van der Waals surface area contributed by atoms with E-state index >= 15 is 0 Å². The summed E-state index contributed by atoms with van der Waals surface area (Å²) in [6.45, 7) is 4.09. The standard InChI is InChI=1S/C38H36BrN5O2/c1-46-36-33(26-30-25-32(39)14-15-34(30)42-36)35(28-9-3-2-4-10-28)38(45,31-13-12-27-8-5-6-11-29(27)24-31)16-19-43-20-22-44(23-21-43)37-40-17-7-18-41-37/h2-15,17-18,24-26,35,45H,16,19-23H2,1H3. The molecule has 7 rings (SSSR count). The Hall–Kier alpha value is -4.37. The Morgan fingerprint density at radius 1 is 0.804 bits per heavy atom. The maximum Gasteiger partial charge on any atom is 0.225 e. The summed E-state index contributed by atoms with van der Waals surface area (Å²) in [5.74, 6) is 0.820. The van der Waals surface area contributed by atoms with Gasteiger partial charge < -0.3 is 14.7 Å². The molecule has 46 heavy (non-hydrogen) atoms. The summed E-state index contributed by atoms with van der Waals surface area (Å²) in [7, 11) is 1.66. The molecule has 1 N–H and O–H groups in total. The zero-order chi connectivity index (χ0) is 31.5. The molecule has 1 fully saturated rings. The molecular weight excluding hydrogens is 638 g/mol. The van der Waals surface area contributed by atoms with Gasteiger partial charge in [-0.05, 0) is 64.7 Å². The second-order valence-electron chi connectivity index (χ2n) is 11.9. The maximum atomic E-state index is 13.4. The first-order valence-corrected chi connectivity index (χ1v) is 16.5. The highest BCUT2D eigenvalue weighted by atomic mass is 79.9. The molecule has 7 nitrogen and oxygen atoms in total. The summed E-state index contributed by atoms with van der Waals surface area (Å²) in [4.78, 5) is 18.5. The van der Waals surface area contributed by atoms with Crippen molar-refractivity contribution in [2.75, 3.05) is 44.7 Å². The number of anilines is 1. The number of nitrogens with zero attached hydrogens (tertiary/aromatic N) is 5. The normalized spacial score (nSPS) is 15.9. The van der Waals surface area contributed by atoms with Gasteiger partial charge >= 0.3 is 0 Å². The van der Waals surface area contributed by atoms with Crippen LogP contribution < -0.4 is 9.64 Å². The summed E-state index contributed by atoms with van der Waals surface area (Å²) < 4.78 is 6.95. The summed E-state index contributed by atoms with van der Waals surface area (Å²) in [6, 6.07) is 34.9. The highest BCUT2D eigenvalue weighted by Crippen LogP contribution is 2.48. The maximum absolute atomic E-state index is 13.4. The average Bonchev–Trinajstić information content (AvgIpc) is 3.11. The Morgan fingerprint density at radius 2 is 1.54 bits per heavy atom. The number of pyridine rings is 1. The third-order valence-electron chi connectivity index (χ3n) is 9.15. The van der Waals surface area contributed by atoms with E-state index in [1.54, 1.807) is 19.5 Å². The Balaban J connectivity index is 1.32. The van der Waals surface area contributed by atoms with Crippen LogP contribution in [0.5, 0.6) is 5.88 Å². The van der Waals surface area contributed by atoms with Crippen molar-refractivity contribution in [3.05, 3.63) is 137 Å². The van der Waals surface area contributed by atoms with Gasteiger partial charge in [0.05, 0.1) is 12.6 Å². The number of methoxy groups -OCH3 is 1. The van der Waals surface area contributed by atoms with Crippen LogP contribution in [-0.4, -0.2) is 64.8 Å². The molecule has 0 aliphatic carbocycles. The second kappa shape index (κ2) is 13.2. The van der Waals surface area contributed by atoms with Gasteiger partial charge in [-0.15, -0.1) is 0 Å². The van der Waals surface area contributed by atoms with Crippen LogP contribution in [0.25, 0.3) is 21.7 Å². The monoisotopic (exact) mass is 673 g/mol. The fourth-order valence-corrected chi connectivity index (χ4v) is 7.12. The van der Waals surface area contributed by atoms with E-state index in [1.807, 2.05) is 48.5 Å². The Kier molecular flexibility index (Phi) is 8.67. The van der Waals surface area contributed by atoms with Crippen LogP contribution in [0.2, 0.25) is 0 Å². The van der Waals surface area contributed by atoms with Crippen LogP contribution in [0, 0.1) is 0 Å². The fraction of sp³-hybridized carbons (Fsp3) is 0.237. The summed E-state index contributed by atoms with van der Waals surface area (Å²) in [5, 5.41) is 16.6. The molecule has 1 aliphatic heterocycles. The third kappa shape index (κ3) is 6.08. The summed E-state index contributed by atoms with van der Waals surface area (Å²) in [5.41, 5.74) is 2.26. The van der Waals surface area contributed by atoms with E-state index in [0.717, 1.165) is 75.0 Å². The topological polar surface area (TPSA) is 74.6 Å². The van der Waals surface area contributed by atoms with Crippen molar-refractivity contribution < 1.29 is 9.84 Å². The number of benzene rings is 4. The quantitative estimate of drug-likeness (QED) is 0.174. The van der Waals surface area contributed by atoms with Gasteiger partial charge in [0.2, 0.25) is 11.8 Å². The van der Waals surface area contributed by atoms with E-state index in [2.05, 4.69) is 90.3 Å². The molecule has 1 saturated heterocycles. The molecule has 0 amide bonds. The number of hydrogen-bond donors (Lipinski definition) is 1.